The number of carbonyl (C=O) groups is 1. The van der Waals surface area contributed by atoms with Crippen LogP contribution >= 0.6 is 23.2 Å². The van der Waals surface area contributed by atoms with Crippen LogP contribution in [0, 0.1) is 17.8 Å². The number of aromatic nitrogens is 4. The molecule has 0 aliphatic carbocycles. The Labute approximate surface area is 247 Å². The van der Waals surface area contributed by atoms with Gasteiger partial charge in [0.15, 0.2) is 11.3 Å². The predicted octanol–water partition coefficient (Wildman–Crippen LogP) is 5.68. The Bertz CT molecular complexity index is 1410. The van der Waals surface area contributed by atoms with Crippen molar-refractivity contribution in [3.63, 3.8) is 0 Å². The third-order valence-electron chi connectivity index (χ3n) is 8.13. The van der Waals surface area contributed by atoms with Crippen LogP contribution in [-0.2, 0) is 11.0 Å². The molecule has 41 heavy (non-hydrogen) atoms. The fourth-order valence-corrected chi connectivity index (χ4v) is 6.27. The van der Waals surface area contributed by atoms with Crippen molar-refractivity contribution in [3.05, 3.63) is 45.7 Å². The standard InChI is InChI=1S/C28H34Cl2F3N7O/c1-16(2)27(41)34-8-10-38-9-4-5-18(13-38)19-14-39(15-19)23-12-35-24-25(28(31,32)33)37-40(26(24)36-23)17(3)21-7-6-20(29)11-22(21)30/h6-7,11-12,16-19H,4-5,8-10,13-15H2,1-3H3,(H,34,41)/t17-,18?/m1/s1. The number of nitrogens with zero attached hydrogens (tertiary/aromatic N) is 6. The molecule has 2 aliphatic heterocycles. The molecular weight excluding hydrogens is 578 g/mol. The van der Waals surface area contributed by atoms with Gasteiger partial charge in [-0.15, -0.1) is 0 Å². The number of nitrogens with one attached hydrogen (secondary N) is 1. The average molecular weight is 613 g/mol. The van der Waals surface area contributed by atoms with E-state index in [-0.39, 0.29) is 23.0 Å². The first kappa shape index (κ1) is 29.8. The molecule has 13 heteroatoms. The molecule has 1 aromatic carbocycles. The quantitative estimate of drug-likeness (QED) is 0.353. The van der Waals surface area contributed by atoms with Gasteiger partial charge in [-0.2, -0.15) is 18.3 Å². The number of amides is 1. The van der Waals surface area contributed by atoms with E-state index in [1.807, 2.05) is 13.8 Å². The van der Waals surface area contributed by atoms with E-state index in [1.54, 1.807) is 25.1 Å². The highest BCUT2D eigenvalue weighted by Crippen LogP contribution is 2.38. The summed E-state index contributed by atoms with van der Waals surface area (Å²) in [5.41, 5.74) is -0.722. The number of hydrogen-bond donors (Lipinski definition) is 1. The fraction of sp³-hybridized carbons (Fsp3) is 0.571. The highest BCUT2D eigenvalue weighted by atomic mass is 35.5. The molecule has 2 aliphatic rings. The summed E-state index contributed by atoms with van der Waals surface area (Å²) in [6.45, 7) is 10.5. The zero-order valence-corrected chi connectivity index (χ0v) is 24.8. The summed E-state index contributed by atoms with van der Waals surface area (Å²) in [4.78, 5) is 25.1. The number of benzene rings is 1. The smallest absolute Gasteiger partial charge is 0.355 e. The van der Waals surface area contributed by atoms with Gasteiger partial charge in [-0.25, -0.2) is 14.6 Å². The van der Waals surface area contributed by atoms with E-state index >= 15 is 0 Å². The molecule has 0 spiro atoms. The molecule has 222 valence electrons. The molecule has 0 bridgehead atoms. The Morgan fingerprint density at radius 1 is 1.15 bits per heavy atom. The summed E-state index contributed by atoms with van der Waals surface area (Å²) in [5, 5.41) is 7.67. The van der Waals surface area contributed by atoms with E-state index < -0.39 is 17.9 Å². The molecule has 3 aromatic rings. The summed E-state index contributed by atoms with van der Waals surface area (Å²) in [6.07, 6.45) is -1.03. The van der Waals surface area contributed by atoms with Crippen molar-refractivity contribution in [1.29, 1.82) is 0 Å². The van der Waals surface area contributed by atoms with Gasteiger partial charge in [0, 0.05) is 48.7 Å². The Morgan fingerprint density at radius 2 is 1.90 bits per heavy atom. The second-order valence-corrected chi connectivity index (χ2v) is 12.2. The highest BCUT2D eigenvalue weighted by molar-refractivity contribution is 6.35. The summed E-state index contributed by atoms with van der Waals surface area (Å²) in [6, 6.07) is 4.24. The van der Waals surface area contributed by atoms with Gasteiger partial charge in [0.25, 0.3) is 0 Å². The molecule has 0 radical (unpaired) electrons. The van der Waals surface area contributed by atoms with Crippen molar-refractivity contribution in [1.82, 2.24) is 30.0 Å². The van der Waals surface area contributed by atoms with Crippen molar-refractivity contribution < 1.29 is 18.0 Å². The van der Waals surface area contributed by atoms with Crippen LogP contribution in [0.1, 0.15) is 50.9 Å². The lowest BCUT2D eigenvalue weighted by Crippen LogP contribution is -2.54. The van der Waals surface area contributed by atoms with Crippen LogP contribution < -0.4 is 10.2 Å². The molecule has 8 nitrogen and oxygen atoms in total. The average Bonchev–Trinajstić information content (AvgIpc) is 3.27. The number of fused-ring (bicyclic) bond motifs is 1. The zero-order valence-electron chi connectivity index (χ0n) is 23.3. The second kappa shape index (κ2) is 11.9. The fourth-order valence-electron chi connectivity index (χ4n) is 5.70. The maximum absolute atomic E-state index is 13.9. The SMILES string of the molecule is CC(C)C(=O)NCCN1CCCC(C2CN(c3cnc4c(C(F)(F)F)nn([C@H](C)c5ccc(Cl)cc5Cl)c4n3)C2)C1. The Hall–Kier alpha value is -2.63. The van der Waals surface area contributed by atoms with Crippen LogP contribution in [0.2, 0.25) is 10.0 Å². The van der Waals surface area contributed by atoms with Crippen molar-refractivity contribution in [3.8, 4) is 0 Å². The van der Waals surface area contributed by atoms with Gasteiger partial charge in [0.1, 0.15) is 11.3 Å². The number of alkyl halides is 3. The molecule has 1 amide bonds. The van der Waals surface area contributed by atoms with Gasteiger partial charge < -0.3 is 15.1 Å². The number of anilines is 1. The van der Waals surface area contributed by atoms with Crippen LogP contribution in [-0.4, -0.2) is 69.8 Å². The normalized spacial score (nSPS) is 19.5. The van der Waals surface area contributed by atoms with Gasteiger partial charge in [0.05, 0.1) is 12.2 Å². The van der Waals surface area contributed by atoms with Crippen molar-refractivity contribution in [2.24, 2.45) is 17.8 Å². The van der Waals surface area contributed by atoms with Crippen molar-refractivity contribution >= 4 is 46.1 Å². The Kier molecular flexibility index (Phi) is 8.69. The lowest BCUT2D eigenvalue weighted by atomic mass is 9.80. The molecule has 5 rings (SSSR count). The lowest BCUT2D eigenvalue weighted by Gasteiger charge is -2.47. The molecule has 2 fully saturated rings. The third kappa shape index (κ3) is 6.41. The minimum absolute atomic E-state index is 0.0236. The number of carbonyl (C=O) groups excluding carboxylic acids is 1. The van der Waals surface area contributed by atoms with Crippen LogP contribution in [0.3, 0.4) is 0 Å². The van der Waals surface area contributed by atoms with Gasteiger partial charge in [-0.05, 0) is 55.8 Å². The van der Waals surface area contributed by atoms with E-state index in [2.05, 4.69) is 30.2 Å². The highest BCUT2D eigenvalue weighted by Gasteiger charge is 2.40. The molecule has 4 heterocycles. The minimum atomic E-state index is -4.69. The molecule has 2 saturated heterocycles. The minimum Gasteiger partial charge on any atom is -0.355 e. The maximum Gasteiger partial charge on any atom is 0.437 e. The summed E-state index contributed by atoms with van der Waals surface area (Å²) in [7, 11) is 0. The number of piperidine rings is 1. The van der Waals surface area contributed by atoms with Crippen LogP contribution in [0.15, 0.2) is 24.4 Å². The van der Waals surface area contributed by atoms with Crippen molar-refractivity contribution in [2.75, 3.05) is 44.2 Å². The lowest BCUT2D eigenvalue weighted by molar-refractivity contribution is -0.140. The zero-order chi connectivity index (χ0) is 29.5. The van der Waals surface area contributed by atoms with Gasteiger partial charge in [0.2, 0.25) is 5.91 Å². The van der Waals surface area contributed by atoms with E-state index in [9.17, 15) is 18.0 Å². The van der Waals surface area contributed by atoms with E-state index in [4.69, 9.17) is 23.2 Å². The summed E-state index contributed by atoms with van der Waals surface area (Å²) >= 11 is 12.4. The Balaban J connectivity index is 1.30. The van der Waals surface area contributed by atoms with Gasteiger partial charge in [-0.3, -0.25) is 4.79 Å². The topological polar surface area (TPSA) is 79.2 Å². The van der Waals surface area contributed by atoms with Gasteiger partial charge in [-0.1, -0.05) is 43.1 Å². The summed E-state index contributed by atoms with van der Waals surface area (Å²) < 4.78 is 42.9. The molecule has 0 saturated carbocycles. The first-order chi connectivity index (χ1) is 19.4. The predicted molar refractivity (Wildman–Crippen MR) is 153 cm³/mol. The van der Waals surface area contributed by atoms with E-state index in [0.717, 1.165) is 45.6 Å². The van der Waals surface area contributed by atoms with Crippen molar-refractivity contribution in [2.45, 2.75) is 45.8 Å². The summed E-state index contributed by atoms with van der Waals surface area (Å²) in [5.74, 6) is 1.56. The number of halogens is 5. The molecule has 1 N–H and O–H groups in total. The van der Waals surface area contributed by atoms with Crippen LogP contribution in [0.25, 0.3) is 11.2 Å². The third-order valence-corrected chi connectivity index (χ3v) is 8.69. The first-order valence-corrected chi connectivity index (χ1v) is 14.7. The number of rotatable bonds is 8. The molecular formula is C28H34Cl2F3N7O. The van der Waals surface area contributed by atoms with Crippen LogP contribution in [0.4, 0.5) is 19.0 Å². The number of likely N-dealkylation sites (tertiary alicyclic amines) is 1. The van der Waals surface area contributed by atoms with Gasteiger partial charge >= 0.3 is 6.18 Å². The monoisotopic (exact) mass is 611 g/mol. The maximum atomic E-state index is 13.9. The Morgan fingerprint density at radius 3 is 2.59 bits per heavy atom. The van der Waals surface area contributed by atoms with Crippen LogP contribution in [0.5, 0.6) is 0 Å². The molecule has 2 aromatic heterocycles. The molecule has 1 unspecified atom stereocenters. The molecule has 2 atom stereocenters. The van der Waals surface area contributed by atoms with E-state index in [0.29, 0.717) is 39.8 Å². The first-order valence-electron chi connectivity index (χ1n) is 13.9. The number of hydrogen-bond acceptors (Lipinski definition) is 6. The van der Waals surface area contributed by atoms with E-state index in [1.165, 1.54) is 10.9 Å². The largest absolute Gasteiger partial charge is 0.437 e. The second-order valence-electron chi connectivity index (χ2n) is 11.3.